The van der Waals surface area contributed by atoms with E-state index in [1.165, 1.54) is 4.90 Å². The normalized spacial score (nSPS) is 10.6. The topological polar surface area (TPSA) is 40.5 Å². The number of hydrogen-bond donors (Lipinski definition) is 1. The highest BCUT2D eigenvalue weighted by molar-refractivity contribution is 5.87. The minimum absolute atomic E-state index is 0.483. The Morgan fingerprint density at radius 2 is 1.81 bits per heavy atom. The molecule has 1 rings (SSSR count). The van der Waals surface area contributed by atoms with Crippen LogP contribution in [0.5, 0.6) is 0 Å². The minimum Gasteiger partial charge on any atom is -0.465 e. The number of benzene rings is 1. The smallest absolute Gasteiger partial charge is 0.412 e. The molecule has 1 aromatic rings. The van der Waals surface area contributed by atoms with Gasteiger partial charge >= 0.3 is 6.09 Å². The third kappa shape index (κ3) is 2.54. The van der Waals surface area contributed by atoms with E-state index in [0.717, 1.165) is 5.56 Å². The predicted octanol–water partition coefficient (Wildman–Crippen LogP) is 2.95. The van der Waals surface area contributed by atoms with Crippen molar-refractivity contribution >= 4 is 11.8 Å². The van der Waals surface area contributed by atoms with Crippen LogP contribution >= 0.6 is 0 Å². The maximum absolute atomic E-state index is 11.2. The Labute approximate surface area is 95.7 Å². The second-order valence-corrected chi connectivity index (χ2v) is 4.48. The molecule has 0 spiro atoms. The standard InChI is InChI=1S/C13H15NO2/c1-5-10-6-8-11(9-7-10)14(12(15)16)13(2,3)4/h1,6-9H,2-4H3,(H,15,16). The number of terminal acetylenes is 1. The van der Waals surface area contributed by atoms with E-state index in [9.17, 15) is 9.90 Å². The van der Waals surface area contributed by atoms with Gasteiger partial charge in [0.15, 0.2) is 0 Å². The first-order chi connectivity index (χ1) is 7.36. The van der Waals surface area contributed by atoms with Gasteiger partial charge in [0.1, 0.15) is 0 Å². The second kappa shape index (κ2) is 4.28. The molecule has 1 aromatic carbocycles. The van der Waals surface area contributed by atoms with Crippen molar-refractivity contribution in [2.45, 2.75) is 26.3 Å². The van der Waals surface area contributed by atoms with Crippen LogP contribution in [0.15, 0.2) is 24.3 Å². The summed E-state index contributed by atoms with van der Waals surface area (Å²) in [4.78, 5) is 12.5. The summed E-state index contributed by atoms with van der Waals surface area (Å²) in [5, 5.41) is 9.17. The number of hydrogen-bond acceptors (Lipinski definition) is 1. The largest absolute Gasteiger partial charge is 0.465 e. The maximum atomic E-state index is 11.2. The molecule has 0 aliphatic carbocycles. The van der Waals surface area contributed by atoms with Gasteiger partial charge in [-0.05, 0) is 45.0 Å². The first-order valence-electron chi connectivity index (χ1n) is 4.96. The van der Waals surface area contributed by atoms with Crippen LogP contribution < -0.4 is 4.90 Å². The third-order valence-corrected chi connectivity index (χ3v) is 2.15. The number of carboxylic acid groups (broad SMARTS) is 1. The van der Waals surface area contributed by atoms with Crippen molar-refractivity contribution < 1.29 is 9.90 Å². The fourth-order valence-corrected chi connectivity index (χ4v) is 1.49. The molecule has 0 fully saturated rings. The Kier molecular flexibility index (Phi) is 3.24. The number of rotatable bonds is 1. The lowest BCUT2D eigenvalue weighted by molar-refractivity contribution is 0.195. The van der Waals surface area contributed by atoms with E-state index in [0.29, 0.717) is 5.69 Å². The first kappa shape index (κ1) is 12.1. The molecular weight excluding hydrogens is 202 g/mol. The summed E-state index contributed by atoms with van der Waals surface area (Å²) in [5.41, 5.74) is 0.880. The van der Waals surface area contributed by atoms with Crippen LogP contribution in [0.4, 0.5) is 10.5 Å². The summed E-state index contributed by atoms with van der Waals surface area (Å²) in [5.74, 6) is 2.50. The lowest BCUT2D eigenvalue weighted by atomic mass is 10.1. The Balaban J connectivity index is 3.14. The number of carbonyl (C=O) groups is 1. The van der Waals surface area contributed by atoms with E-state index in [1.807, 2.05) is 20.8 Å². The highest BCUT2D eigenvalue weighted by Crippen LogP contribution is 2.24. The van der Waals surface area contributed by atoms with Gasteiger partial charge in [0.25, 0.3) is 0 Å². The molecule has 3 nitrogen and oxygen atoms in total. The average molecular weight is 217 g/mol. The Morgan fingerprint density at radius 1 is 1.31 bits per heavy atom. The van der Waals surface area contributed by atoms with E-state index in [4.69, 9.17) is 6.42 Å². The zero-order valence-electron chi connectivity index (χ0n) is 9.69. The van der Waals surface area contributed by atoms with E-state index in [1.54, 1.807) is 24.3 Å². The van der Waals surface area contributed by atoms with E-state index < -0.39 is 11.6 Å². The monoisotopic (exact) mass is 217 g/mol. The van der Waals surface area contributed by atoms with Crippen molar-refractivity contribution in [3.05, 3.63) is 29.8 Å². The van der Waals surface area contributed by atoms with E-state index in [-0.39, 0.29) is 0 Å². The molecule has 0 bridgehead atoms. The van der Waals surface area contributed by atoms with Crippen molar-refractivity contribution in [2.24, 2.45) is 0 Å². The highest BCUT2D eigenvalue weighted by atomic mass is 16.4. The summed E-state index contributed by atoms with van der Waals surface area (Å²) >= 11 is 0. The van der Waals surface area contributed by atoms with Gasteiger partial charge in [-0.2, -0.15) is 0 Å². The number of amides is 1. The number of anilines is 1. The van der Waals surface area contributed by atoms with Gasteiger partial charge in [0.05, 0.1) is 0 Å². The van der Waals surface area contributed by atoms with Gasteiger partial charge in [0, 0.05) is 16.8 Å². The zero-order valence-corrected chi connectivity index (χ0v) is 9.69. The summed E-state index contributed by atoms with van der Waals surface area (Å²) in [6.45, 7) is 5.53. The van der Waals surface area contributed by atoms with Gasteiger partial charge in [-0.15, -0.1) is 6.42 Å². The number of nitrogens with zero attached hydrogens (tertiary/aromatic N) is 1. The molecule has 1 amide bonds. The summed E-state index contributed by atoms with van der Waals surface area (Å²) in [7, 11) is 0. The SMILES string of the molecule is C#Cc1ccc(N(C(=O)O)C(C)(C)C)cc1. The molecule has 0 aromatic heterocycles. The summed E-state index contributed by atoms with van der Waals surface area (Å²) < 4.78 is 0. The second-order valence-electron chi connectivity index (χ2n) is 4.48. The lowest BCUT2D eigenvalue weighted by Crippen LogP contribution is -2.45. The zero-order chi connectivity index (χ0) is 12.3. The minimum atomic E-state index is -0.971. The average Bonchev–Trinajstić information content (AvgIpc) is 2.16. The van der Waals surface area contributed by atoms with Crippen LogP contribution in [0.2, 0.25) is 0 Å². The summed E-state index contributed by atoms with van der Waals surface area (Å²) in [6.07, 6.45) is 4.27. The van der Waals surface area contributed by atoms with Crippen molar-refractivity contribution in [3.63, 3.8) is 0 Å². The summed E-state index contributed by atoms with van der Waals surface area (Å²) in [6, 6.07) is 6.90. The van der Waals surface area contributed by atoms with Crippen molar-refractivity contribution in [2.75, 3.05) is 4.90 Å². The van der Waals surface area contributed by atoms with E-state index in [2.05, 4.69) is 5.92 Å². The Bertz CT molecular complexity index is 421. The third-order valence-electron chi connectivity index (χ3n) is 2.15. The molecule has 0 saturated heterocycles. The van der Waals surface area contributed by atoms with E-state index >= 15 is 0 Å². The van der Waals surface area contributed by atoms with Crippen LogP contribution in [0.25, 0.3) is 0 Å². The molecule has 0 saturated carbocycles. The molecule has 0 atom stereocenters. The van der Waals surface area contributed by atoms with Crippen molar-refractivity contribution in [1.29, 1.82) is 0 Å². The highest BCUT2D eigenvalue weighted by Gasteiger charge is 2.27. The van der Waals surface area contributed by atoms with Crippen LogP contribution in [0, 0.1) is 12.3 Å². The molecule has 0 unspecified atom stereocenters. The van der Waals surface area contributed by atoms with Gasteiger partial charge in [-0.25, -0.2) is 4.79 Å². The fraction of sp³-hybridized carbons (Fsp3) is 0.308. The molecule has 0 aliphatic rings. The van der Waals surface area contributed by atoms with Gasteiger partial charge in [0.2, 0.25) is 0 Å². The Hall–Kier alpha value is -1.95. The molecule has 0 heterocycles. The molecule has 1 N–H and O–H groups in total. The van der Waals surface area contributed by atoms with Crippen LogP contribution in [-0.4, -0.2) is 16.7 Å². The maximum Gasteiger partial charge on any atom is 0.412 e. The van der Waals surface area contributed by atoms with Crippen molar-refractivity contribution in [3.8, 4) is 12.3 Å². The molecular formula is C13H15NO2. The molecule has 0 radical (unpaired) electrons. The predicted molar refractivity (Wildman–Crippen MR) is 64.6 cm³/mol. The molecule has 0 aliphatic heterocycles. The van der Waals surface area contributed by atoms with Crippen LogP contribution in [-0.2, 0) is 0 Å². The van der Waals surface area contributed by atoms with Gasteiger partial charge < -0.3 is 5.11 Å². The van der Waals surface area contributed by atoms with Gasteiger partial charge in [-0.3, -0.25) is 4.90 Å². The quantitative estimate of drug-likeness (QED) is 0.735. The Morgan fingerprint density at radius 3 is 2.12 bits per heavy atom. The van der Waals surface area contributed by atoms with Crippen LogP contribution in [0.3, 0.4) is 0 Å². The molecule has 3 heteroatoms. The van der Waals surface area contributed by atoms with Crippen molar-refractivity contribution in [1.82, 2.24) is 0 Å². The first-order valence-corrected chi connectivity index (χ1v) is 4.96. The van der Waals surface area contributed by atoms with Gasteiger partial charge in [-0.1, -0.05) is 5.92 Å². The molecule has 16 heavy (non-hydrogen) atoms. The fourth-order valence-electron chi connectivity index (χ4n) is 1.49. The van der Waals surface area contributed by atoms with Crippen LogP contribution in [0.1, 0.15) is 26.3 Å². The lowest BCUT2D eigenvalue weighted by Gasteiger charge is -2.33. The molecule has 84 valence electrons.